The molecule has 0 saturated carbocycles. The molecule has 104 valence electrons. The van der Waals surface area contributed by atoms with Gasteiger partial charge in [0.05, 0.1) is 6.61 Å². The Labute approximate surface area is 107 Å². The third-order valence-corrected chi connectivity index (χ3v) is 3.46. The summed E-state index contributed by atoms with van der Waals surface area (Å²) in [5.41, 5.74) is -0.144. The van der Waals surface area contributed by atoms with Gasteiger partial charge in [-0.15, -0.1) is 0 Å². The Morgan fingerprint density at radius 2 is 1.82 bits per heavy atom. The van der Waals surface area contributed by atoms with Crippen molar-refractivity contribution in [3.63, 3.8) is 0 Å². The van der Waals surface area contributed by atoms with Gasteiger partial charge in [-0.05, 0) is 67.1 Å². The highest BCUT2D eigenvalue weighted by Crippen LogP contribution is 2.09. The van der Waals surface area contributed by atoms with Crippen LogP contribution in [0.15, 0.2) is 0 Å². The zero-order chi connectivity index (χ0) is 13.3. The van der Waals surface area contributed by atoms with E-state index in [9.17, 15) is 5.11 Å². The highest BCUT2D eigenvalue weighted by Gasteiger charge is 2.21. The maximum Gasteiger partial charge on any atom is 0.0610 e. The molecule has 0 aliphatic rings. The Hall–Kier alpha value is -0.160. The first-order chi connectivity index (χ1) is 7.97. The number of rotatable bonds is 10. The first-order valence-corrected chi connectivity index (χ1v) is 6.64. The molecule has 0 heterocycles. The number of hydrogen-bond acceptors (Lipinski definition) is 4. The molecule has 0 amide bonds. The van der Waals surface area contributed by atoms with Crippen molar-refractivity contribution in [2.45, 2.75) is 32.2 Å². The van der Waals surface area contributed by atoms with Gasteiger partial charge in [0.1, 0.15) is 0 Å². The minimum Gasteiger partial charge on any atom is -0.394 e. The molecule has 0 bridgehead atoms. The van der Waals surface area contributed by atoms with E-state index in [0.717, 1.165) is 32.6 Å². The van der Waals surface area contributed by atoms with E-state index in [1.54, 1.807) is 0 Å². The van der Waals surface area contributed by atoms with Crippen LogP contribution in [0.3, 0.4) is 0 Å². The van der Waals surface area contributed by atoms with Gasteiger partial charge in [0, 0.05) is 5.54 Å². The minimum atomic E-state index is -0.144. The molecule has 4 heteroatoms. The summed E-state index contributed by atoms with van der Waals surface area (Å²) in [6.45, 7) is 8.87. The first kappa shape index (κ1) is 16.8. The maximum absolute atomic E-state index is 9.33. The molecule has 0 aromatic heterocycles. The molecule has 0 radical (unpaired) electrons. The first-order valence-electron chi connectivity index (χ1n) is 6.64. The normalized spacial score (nSPS) is 15.5. The quantitative estimate of drug-likeness (QED) is 0.592. The van der Waals surface area contributed by atoms with Crippen LogP contribution in [0.25, 0.3) is 0 Å². The summed E-state index contributed by atoms with van der Waals surface area (Å²) in [5.74, 6) is 0. The van der Waals surface area contributed by atoms with Crippen LogP contribution in [-0.2, 0) is 0 Å². The number of hydrogen-bond donors (Lipinski definition) is 2. The Balaban J connectivity index is 3.88. The van der Waals surface area contributed by atoms with Crippen molar-refractivity contribution in [3.8, 4) is 0 Å². The monoisotopic (exact) mass is 245 g/mol. The topological polar surface area (TPSA) is 38.7 Å². The molecule has 2 N–H and O–H groups in total. The molecular formula is C13H31N3O. The Morgan fingerprint density at radius 3 is 2.24 bits per heavy atom. The smallest absolute Gasteiger partial charge is 0.0610 e. The molecule has 0 saturated heterocycles. The Morgan fingerprint density at radius 1 is 1.18 bits per heavy atom. The van der Waals surface area contributed by atoms with Crippen molar-refractivity contribution in [3.05, 3.63) is 0 Å². The van der Waals surface area contributed by atoms with E-state index >= 15 is 0 Å². The fraction of sp³-hybridized carbons (Fsp3) is 1.00. The Bertz CT molecular complexity index is 182. The zero-order valence-corrected chi connectivity index (χ0v) is 12.3. The second-order valence-electron chi connectivity index (χ2n) is 5.31. The summed E-state index contributed by atoms with van der Waals surface area (Å²) in [7, 11) is 6.14. The van der Waals surface area contributed by atoms with Gasteiger partial charge < -0.3 is 20.2 Å². The van der Waals surface area contributed by atoms with Gasteiger partial charge in [0.15, 0.2) is 0 Å². The van der Waals surface area contributed by atoms with Crippen molar-refractivity contribution in [1.82, 2.24) is 15.1 Å². The lowest BCUT2D eigenvalue weighted by Crippen LogP contribution is -2.46. The van der Waals surface area contributed by atoms with Crippen LogP contribution in [0.1, 0.15) is 26.7 Å². The molecule has 0 aromatic carbocycles. The zero-order valence-electron chi connectivity index (χ0n) is 12.3. The van der Waals surface area contributed by atoms with Crippen molar-refractivity contribution in [2.75, 3.05) is 53.9 Å². The van der Waals surface area contributed by atoms with Crippen LogP contribution in [0.5, 0.6) is 0 Å². The molecule has 0 rings (SSSR count). The van der Waals surface area contributed by atoms with Crippen molar-refractivity contribution >= 4 is 0 Å². The third-order valence-electron chi connectivity index (χ3n) is 3.46. The second kappa shape index (κ2) is 8.86. The van der Waals surface area contributed by atoms with E-state index < -0.39 is 0 Å². The summed E-state index contributed by atoms with van der Waals surface area (Å²) in [6, 6.07) is 0. The van der Waals surface area contributed by atoms with Crippen LogP contribution >= 0.6 is 0 Å². The van der Waals surface area contributed by atoms with Gasteiger partial charge in [-0.2, -0.15) is 0 Å². The van der Waals surface area contributed by atoms with Crippen molar-refractivity contribution in [2.24, 2.45) is 0 Å². The number of likely N-dealkylation sites (N-methyl/N-ethyl adjacent to an activating group) is 1. The lowest BCUT2D eigenvalue weighted by molar-refractivity contribution is 0.152. The highest BCUT2D eigenvalue weighted by atomic mass is 16.3. The van der Waals surface area contributed by atoms with Gasteiger partial charge in [0.25, 0.3) is 0 Å². The molecule has 0 aliphatic carbocycles. The standard InChI is InChI=1S/C13H31N3O/c1-6-16(10-7-9-15(4)5)11-8-13(2,12-17)14-3/h14,17H,6-12H2,1-5H3. The summed E-state index contributed by atoms with van der Waals surface area (Å²) in [4.78, 5) is 4.67. The summed E-state index contributed by atoms with van der Waals surface area (Å²) >= 11 is 0. The molecule has 4 nitrogen and oxygen atoms in total. The SMILES string of the molecule is CCN(CCCN(C)C)CCC(C)(CO)NC. The number of aliphatic hydroxyl groups excluding tert-OH is 1. The molecule has 1 atom stereocenters. The van der Waals surface area contributed by atoms with Crippen molar-refractivity contribution < 1.29 is 5.11 Å². The molecule has 0 aromatic rings. The van der Waals surface area contributed by atoms with Crippen LogP contribution in [0.4, 0.5) is 0 Å². The van der Waals surface area contributed by atoms with E-state index in [0.29, 0.717) is 0 Å². The van der Waals surface area contributed by atoms with E-state index in [2.05, 4.69) is 43.1 Å². The average Bonchev–Trinajstić information content (AvgIpc) is 2.32. The van der Waals surface area contributed by atoms with Crippen LogP contribution in [0, 0.1) is 0 Å². The predicted molar refractivity (Wildman–Crippen MR) is 74.5 cm³/mol. The van der Waals surface area contributed by atoms with Gasteiger partial charge in [0.2, 0.25) is 0 Å². The van der Waals surface area contributed by atoms with Gasteiger partial charge in [-0.3, -0.25) is 0 Å². The Kier molecular flexibility index (Phi) is 8.78. The second-order valence-corrected chi connectivity index (χ2v) is 5.31. The van der Waals surface area contributed by atoms with E-state index in [4.69, 9.17) is 0 Å². The molecule has 17 heavy (non-hydrogen) atoms. The molecule has 1 unspecified atom stereocenters. The van der Waals surface area contributed by atoms with Gasteiger partial charge in [-0.25, -0.2) is 0 Å². The summed E-state index contributed by atoms with van der Waals surface area (Å²) < 4.78 is 0. The van der Waals surface area contributed by atoms with E-state index in [1.165, 1.54) is 6.42 Å². The van der Waals surface area contributed by atoms with E-state index in [-0.39, 0.29) is 12.1 Å². The number of nitrogens with zero attached hydrogens (tertiary/aromatic N) is 2. The molecule has 0 fully saturated rings. The average molecular weight is 245 g/mol. The lowest BCUT2D eigenvalue weighted by Gasteiger charge is -2.30. The number of nitrogens with one attached hydrogen (secondary N) is 1. The minimum absolute atomic E-state index is 0.144. The van der Waals surface area contributed by atoms with Gasteiger partial charge >= 0.3 is 0 Å². The largest absolute Gasteiger partial charge is 0.394 e. The summed E-state index contributed by atoms with van der Waals surface area (Å²) in [6.07, 6.45) is 2.19. The van der Waals surface area contributed by atoms with Crippen LogP contribution in [-0.4, -0.2) is 74.4 Å². The number of aliphatic hydroxyl groups is 1. The fourth-order valence-electron chi connectivity index (χ4n) is 1.73. The van der Waals surface area contributed by atoms with Gasteiger partial charge in [-0.1, -0.05) is 6.92 Å². The summed E-state index contributed by atoms with van der Waals surface area (Å²) in [5, 5.41) is 12.5. The molecular weight excluding hydrogens is 214 g/mol. The predicted octanol–water partition coefficient (Wildman–Crippen LogP) is 0.621. The maximum atomic E-state index is 9.33. The fourth-order valence-corrected chi connectivity index (χ4v) is 1.73. The van der Waals surface area contributed by atoms with Crippen LogP contribution in [0.2, 0.25) is 0 Å². The van der Waals surface area contributed by atoms with Crippen LogP contribution < -0.4 is 5.32 Å². The third kappa shape index (κ3) is 7.71. The highest BCUT2D eigenvalue weighted by molar-refractivity contribution is 4.81. The molecule has 0 aliphatic heterocycles. The molecule has 0 spiro atoms. The van der Waals surface area contributed by atoms with Crippen molar-refractivity contribution in [1.29, 1.82) is 0 Å². The lowest BCUT2D eigenvalue weighted by atomic mass is 9.99. The van der Waals surface area contributed by atoms with E-state index in [1.807, 2.05) is 7.05 Å².